The van der Waals surface area contributed by atoms with Gasteiger partial charge in [-0.3, -0.25) is 14.2 Å². The molecule has 3 aromatic rings. The van der Waals surface area contributed by atoms with Crippen molar-refractivity contribution in [1.82, 2.24) is 9.47 Å². The van der Waals surface area contributed by atoms with Gasteiger partial charge in [0.15, 0.2) is 5.58 Å². The maximum absolute atomic E-state index is 12.5. The first-order valence-electron chi connectivity index (χ1n) is 9.33. The van der Waals surface area contributed by atoms with Crippen LogP contribution in [0.2, 0.25) is 0 Å². The van der Waals surface area contributed by atoms with Crippen LogP contribution in [-0.4, -0.2) is 27.8 Å². The summed E-state index contributed by atoms with van der Waals surface area (Å²) in [4.78, 5) is 38.3. The third-order valence-corrected chi connectivity index (χ3v) is 5.03. The zero-order valence-corrected chi connectivity index (χ0v) is 15.6. The second-order valence-electron chi connectivity index (χ2n) is 6.87. The molecule has 1 aromatic heterocycles. The smallest absolute Gasteiger partial charge is 0.408 e. The molecule has 0 saturated heterocycles. The summed E-state index contributed by atoms with van der Waals surface area (Å²) < 4.78 is 6.47. The molecule has 2 heterocycles. The molecular weight excluding hydrogens is 358 g/mol. The number of carbonyl (C=O) groups excluding carboxylic acids is 2. The molecule has 1 aliphatic heterocycles. The van der Waals surface area contributed by atoms with E-state index in [9.17, 15) is 14.4 Å². The van der Waals surface area contributed by atoms with E-state index < -0.39 is 5.76 Å². The van der Waals surface area contributed by atoms with Crippen LogP contribution < -0.4 is 11.1 Å². The summed E-state index contributed by atoms with van der Waals surface area (Å²) in [6.45, 7) is 3.00. The van der Waals surface area contributed by atoms with Gasteiger partial charge in [-0.25, -0.2) is 4.79 Å². The van der Waals surface area contributed by atoms with Crippen molar-refractivity contribution in [2.75, 3.05) is 11.9 Å². The van der Waals surface area contributed by atoms with Gasteiger partial charge in [-0.15, -0.1) is 0 Å². The Labute approximate surface area is 161 Å². The van der Waals surface area contributed by atoms with Gasteiger partial charge in [0.2, 0.25) is 11.8 Å². The maximum Gasteiger partial charge on any atom is 0.420 e. The molecule has 0 saturated carbocycles. The number of nitrogens with zero attached hydrogens (tertiary/aromatic N) is 2. The fourth-order valence-electron chi connectivity index (χ4n) is 3.58. The Kier molecular flexibility index (Phi) is 4.73. The maximum atomic E-state index is 12.5. The van der Waals surface area contributed by atoms with Crippen molar-refractivity contribution in [3.8, 4) is 0 Å². The second-order valence-corrected chi connectivity index (χ2v) is 6.87. The third kappa shape index (κ3) is 3.43. The number of benzene rings is 2. The van der Waals surface area contributed by atoms with Gasteiger partial charge in [-0.1, -0.05) is 25.1 Å². The van der Waals surface area contributed by atoms with Crippen LogP contribution in [0.15, 0.2) is 51.7 Å². The van der Waals surface area contributed by atoms with E-state index in [0.717, 1.165) is 18.5 Å². The molecule has 1 N–H and O–H groups in total. The first kappa shape index (κ1) is 18.0. The molecule has 2 amide bonds. The van der Waals surface area contributed by atoms with Crippen LogP contribution in [0.4, 0.5) is 5.69 Å². The van der Waals surface area contributed by atoms with Crippen LogP contribution in [0.1, 0.15) is 24.5 Å². The van der Waals surface area contributed by atoms with Crippen molar-refractivity contribution in [2.24, 2.45) is 0 Å². The Balaban J connectivity index is 1.50. The summed E-state index contributed by atoms with van der Waals surface area (Å²) in [5.41, 5.74) is 3.92. The molecule has 0 atom stereocenters. The van der Waals surface area contributed by atoms with Gasteiger partial charge in [-0.2, -0.15) is 0 Å². The summed E-state index contributed by atoms with van der Waals surface area (Å²) in [6, 6.07) is 12.7. The topological polar surface area (TPSA) is 84.5 Å². The molecular formula is C21H21N3O4. The molecule has 0 unspecified atom stereocenters. The highest BCUT2D eigenvalue weighted by atomic mass is 16.4. The van der Waals surface area contributed by atoms with Crippen LogP contribution in [0.5, 0.6) is 0 Å². The number of fused-ring (bicyclic) bond motifs is 2. The SMILES string of the molecule is CCC(=O)N1CCc2ccc(NC(=O)Cn3c(=O)oc4ccccc43)cc2C1. The lowest BCUT2D eigenvalue weighted by molar-refractivity contribution is -0.131. The van der Waals surface area contributed by atoms with E-state index >= 15 is 0 Å². The number of amides is 2. The number of hydrogen-bond acceptors (Lipinski definition) is 4. The van der Waals surface area contributed by atoms with E-state index in [1.807, 2.05) is 30.0 Å². The van der Waals surface area contributed by atoms with Crippen molar-refractivity contribution in [3.05, 3.63) is 64.1 Å². The predicted octanol–water partition coefficient (Wildman–Crippen LogP) is 2.53. The zero-order valence-electron chi connectivity index (χ0n) is 15.6. The Hall–Kier alpha value is -3.35. The summed E-state index contributed by atoms with van der Waals surface area (Å²) in [7, 11) is 0. The molecule has 7 nitrogen and oxygen atoms in total. The van der Waals surface area contributed by atoms with Gasteiger partial charge in [0, 0.05) is 25.2 Å². The van der Waals surface area contributed by atoms with E-state index in [1.165, 1.54) is 10.1 Å². The van der Waals surface area contributed by atoms with Gasteiger partial charge in [0.05, 0.1) is 5.52 Å². The third-order valence-electron chi connectivity index (χ3n) is 5.03. The molecule has 7 heteroatoms. The number of oxazole rings is 1. The molecule has 0 spiro atoms. The van der Waals surface area contributed by atoms with Gasteiger partial charge >= 0.3 is 5.76 Å². The molecule has 0 bridgehead atoms. The lowest BCUT2D eigenvalue weighted by Gasteiger charge is -2.29. The lowest BCUT2D eigenvalue weighted by Crippen LogP contribution is -2.35. The van der Waals surface area contributed by atoms with E-state index in [-0.39, 0.29) is 18.4 Å². The summed E-state index contributed by atoms with van der Waals surface area (Å²) in [6.07, 6.45) is 1.30. The highest BCUT2D eigenvalue weighted by molar-refractivity contribution is 5.91. The van der Waals surface area contributed by atoms with Crippen molar-refractivity contribution in [1.29, 1.82) is 0 Å². The first-order valence-corrected chi connectivity index (χ1v) is 9.33. The van der Waals surface area contributed by atoms with Crippen molar-refractivity contribution < 1.29 is 14.0 Å². The highest BCUT2D eigenvalue weighted by Gasteiger charge is 2.20. The molecule has 28 heavy (non-hydrogen) atoms. The van der Waals surface area contributed by atoms with Crippen molar-refractivity contribution >= 4 is 28.6 Å². The molecule has 0 aliphatic carbocycles. The van der Waals surface area contributed by atoms with E-state index in [1.54, 1.807) is 24.3 Å². The second kappa shape index (κ2) is 7.34. The number of rotatable bonds is 4. The molecule has 4 rings (SSSR count). The number of carbonyl (C=O) groups is 2. The average Bonchev–Trinajstić information content (AvgIpc) is 3.02. The fourth-order valence-corrected chi connectivity index (χ4v) is 3.58. The van der Waals surface area contributed by atoms with Gasteiger partial charge in [0.1, 0.15) is 6.54 Å². The van der Waals surface area contributed by atoms with E-state index in [0.29, 0.717) is 29.8 Å². The summed E-state index contributed by atoms with van der Waals surface area (Å²) in [5.74, 6) is -0.743. The van der Waals surface area contributed by atoms with Crippen LogP contribution in [0.25, 0.3) is 11.1 Å². The van der Waals surface area contributed by atoms with Crippen molar-refractivity contribution in [3.63, 3.8) is 0 Å². The molecule has 2 aromatic carbocycles. The van der Waals surface area contributed by atoms with Gasteiger partial charge < -0.3 is 14.6 Å². The fraction of sp³-hybridized carbons (Fsp3) is 0.286. The molecule has 0 fully saturated rings. The monoisotopic (exact) mass is 379 g/mol. The Morgan fingerprint density at radius 2 is 1.96 bits per heavy atom. The van der Waals surface area contributed by atoms with Gasteiger partial charge in [0.25, 0.3) is 0 Å². The van der Waals surface area contributed by atoms with Crippen molar-refractivity contribution in [2.45, 2.75) is 32.9 Å². The van der Waals surface area contributed by atoms with E-state index in [2.05, 4.69) is 5.32 Å². The minimum absolute atomic E-state index is 0.131. The van der Waals surface area contributed by atoms with Gasteiger partial charge in [-0.05, 0) is 41.8 Å². The zero-order chi connectivity index (χ0) is 19.7. The Morgan fingerprint density at radius 1 is 1.14 bits per heavy atom. The first-order chi connectivity index (χ1) is 13.5. The number of aromatic nitrogens is 1. The average molecular weight is 379 g/mol. The number of hydrogen-bond donors (Lipinski definition) is 1. The lowest BCUT2D eigenvalue weighted by atomic mass is 9.99. The number of nitrogens with one attached hydrogen (secondary N) is 1. The summed E-state index contributed by atoms with van der Waals surface area (Å²) in [5, 5.41) is 2.84. The standard InChI is InChI=1S/C21H21N3O4/c1-2-20(26)23-10-9-14-7-8-16(11-15(14)12-23)22-19(25)13-24-17-5-3-4-6-18(17)28-21(24)27/h3-8,11H,2,9-10,12-13H2,1H3,(H,22,25). The Morgan fingerprint density at radius 3 is 2.79 bits per heavy atom. The highest BCUT2D eigenvalue weighted by Crippen LogP contribution is 2.23. The van der Waals surface area contributed by atoms with E-state index in [4.69, 9.17) is 4.42 Å². The number of para-hydroxylation sites is 2. The molecule has 1 aliphatic rings. The summed E-state index contributed by atoms with van der Waals surface area (Å²) >= 11 is 0. The minimum Gasteiger partial charge on any atom is -0.408 e. The van der Waals surface area contributed by atoms with Crippen LogP contribution >= 0.6 is 0 Å². The normalized spacial score (nSPS) is 13.4. The quantitative estimate of drug-likeness (QED) is 0.755. The molecule has 0 radical (unpaired) electrons. The van der Waals surface area contributed by atoms with Crippen LogP contribution in [0.3, 0.4) is 0 Å². The van der Waals surface area contributed by atoms with Crippen LogP contribution in [0, 0.1) is 0 Å². The Bertz CT molecular complexity index is 1110. The molecule has 144 valence electrons. The predicted molar refractivity (Wildman–Crippen MR) is 105 cm³/mol. The van der Waals surface area contributed by atoms with Crippen LogP contribution in [-0.2, 0) is 29.1 Å². The number of anilines is 1. The minimum atomic E-state index is -0.560. The largest absolute Gasteiger partial charge is 0.420 e.